The molecule has 5 heteroatoms. The maximum Gasteiger partial charge on any atom is 0.163 e. The van der Waals surface area contributed by atoms with Gasteiger partial charge in [-0.05, 0) is 32.0 Å². The molecule has 18 heavy (non-hydrogen) atoms. The number of ether oxygens (including phenoxy) is 3. The second-order valence-corrected chi connectivity index (χ2v) is 5.42. The highest BCUT2D eigenvalue weighted by atomic mass is 79.9. The standard InChI is InChI=1S/C13H15BrO4/c1-13(2)17-8-11(18-13)7-16-10-3-4-12(14)9(5-10)6-15/h3-6,11H,7-8H2,1-2H3/t11-/m0/s1. The summed E-state index contributed by atoms with van der Waals surface area (Å²) in [5, 5.41) is 0. The van der Waals surface area contributed by atoms with Gasteiger partial charge in [-0.2, -0.15) is 0 Å². The Morgan fingerprint density at radius 1 is 1.56 bits per heavy atom. The Morgan fingerprint density at radius 3 is 2.94 bits per heavy atom. The van der Waals surface area contributed by atoms with E-state index in [4.69, 9.17) is 14.2 Å². The first-order chi connectivity index (χ1) is 8.50. The monoisotopic (exact) mass is 314 g/mol. The molecule has 1 aromatic rings. The van der Waals surface area contributed by atoms with Gasteiger partial charge in [0.2, 0.25) is 0 Å². The Kier molecular flexibility index (Phi) is 4.04. The Hall–Kier alpha value is -0.910. The van der Waals surface area contributed by atoms with Gasteiger partial charge in [0.25, 0.3) is 0 Å². The molecule has 4 nitrogen and oxygen atoms in total. The second-order valence-electron chi connectivity index (χ2n) is 4.56. The molecule has 1 atom stereocenters. The first kappa shape index (κ1) is 13.5. The van der Waals surface area contributed by atoms with E-state index in [1.165, 1.54) is 0 Å². The molecule has 0 radical (unpaired) electrons. The molecule has 1 aliphatic heterocycles. The van der Waals surface area contributed by atoms with E-state index in [0.29, 0.717) is 24.5 Å². The van der Waals surface area contributed by atoms with Crippen LogP contribution < -0.4 is 4.74 Å². The smallest absolute Gasteiger partial charge is 0.163 e. The lowest BCUT2D eigenvalue weighted by Gasteiger charge is -2.17. The quantitative estimate of drug-likeness (QED) is 0.802. The predicted octanol–water partition coefficient (Wildman–Crippen LogP) is 2.79. The summed E-state index contributed by atoms with van der Waals surface area (Å²) >= 11 is 3.29. The topological polar surface area (TPSA) is 44.8 Å². The number of halogens is 1. The fourth-order valence-electron chi connectivity index (χ4n) is 1.74. The molecule has 98 valence electrons. The Balaban J connectivity index is 1.93. The molecular weight excluding hydrogens is 300 g/mol. The Labute approximate surface area is 114 Å². The van der Waals surface area contributed by atoms with Crippen molar-refractivity contribution in [2.24, 2.45) is 0 Å². The van der Waals surface area contributed by atoms with E-state index in [0.717, 1.165) is 10.8 Å². The number of carbonyl (C=O) groups excluding carboxylic acids is 1. The van der Waals surface area contributed by atoms with Crippen LogP contribution in [0, 0.1) is 0 Å². The third-order valence-corrected chi connectivity index (χ3v) is 3.32. The van der Waals surface area contributed by atoms with E-state index in [1.54, 1.807) is 18.2 Å². The first-order valence-corrected chi connectivity index (χ1v) is 6.49. The van der Waals surface area contributed by atoms with Crippen molar-refractivity contribution in [1.29, 1.82) is 0 Å². The van der Waals surface area contributed by atoms with Gasteiger partial charge in [0.05, 0.1) is 6.61 Å². The van der Waals surface area contributed by atoms with Crippen LogP contribution in [0.1, 0.15) is 24.2 Å². The van der Waals surface area contributed by atoms with Crippen molar-refractivity contribution in [2.45, 2.75) is 25.7 Å². The van der Waals surface area contributed by atoms with Crippen molar-refractivity contribution < 1.29 is 19.0 Å². The molecular formula is C13H15BrO4. The number of aldehydes is 1. The van der Waals surface area contributed by atoms with Crippen LogP contribution >= 0.6 is 15.9 Å². The van der Waals surface area contributed by atoms with Crippen LogP contribution in [-0.2, 0) is 9.47 Å². The van der Waals surface area contributed by atoms with E-state index in [1.807, 2.05) is 13.8 Å². The molecule has 0 saturated carbocycles. The van der Waals surface area contributed by atoms with Crippen molar-refractivity contribution in [1.82, 2.24) is 0 Å². The number of hydrogen-bond donors (Lipinski definition) is 0. The first-order valence-electron chi connectivity index (χ1n) is 5.69. The summed E-state index contributed by atoms with van der Waals surface area (Å²) in [6.07, 6.45) is 0.707. The van der Waals surface area contributed by atoms with Crippen molar-refractivity contribution in [2.75, 3.05) is 13.2 Å². The minimum absolute atomic E-state index is 0.0803. The zero-order valence-electron chi connectivity index (χ0n) is 10.3. The van der Waals surface area contributed by atoms with Gasteiger partial charge in [-0.3, -0.25) is 4.79 Å². The lowest BCUT2D eigenvalue weighted by molar-refractivity contribution is -0.141. The van der Waals surface area contributed by atoms with Gasteiger partial charge >= 0.3 is 0 Å². The molecule has 2 rings (SSSR count). The summed E-state index contributed by atoms with van der Waals surface area (Å²) < 4.78 is 17.4. The molecule has 0 N–H and O–H groups in total. The normalized spacial score (nSPS) is 21.8. The molecule has 1 aliphatic rings. The van der Waals surface area contributed by atoms with Gasteiger partial charge in [-0.15, -0.1) is 0 Å². The van der Waals surface area contributed by atoms with E-state index >= 15 is 0 Å². The third-order valence-electron chi connectivity index (χ3n) is 2.60. The molecule has 0 aromatic heterocycles. The molecule has 1 fully saturated rings. The van der Waals surface area contributed by atoms with Crippen molar-refractivity contribution >= 4 is 22.2 Å². The molecule has 0 spiro atoms. The van der Waals surface area contributed by atoms with E-state index < -0.39 is 5.79 Å². The van der Waals surface area contributed by atoms with Crippen LogP contribution in [0.15, 0.2) is 22.7 Å². The fourth-order valence-corrected chi connectivity index (χ4v) is 2.08. The van der Waals surface area contributed by atoms with Crippen LogP contribution in [-0.4, -0.2) is 31.4 Å². The summed E-state index contributed by atoms with van der Waals surface area (Å²) in [6.45, 7) is 4.67. The number of carbonyl (C=O) groups is 1. The summed E-state index contributed by atoms with van der Waals surface area (Å²) in [5.41, 5.74) is 0.566. The third kappa shape index (κ3) is 3.31. The molecule has 1 aromatic carbocycles. The average molecular weight is 315 g/mol. The predicted molar refractivity (Wildman–Crippen MR) is 69.9 cm³/mol. The average Bonchev–Trinajstić information content (AvgIpc) is 2.68. The van der Waals surface area contributed by atoms with Gasteiger partial charge in [0, 0.05) is 10.0 Å². The lowest BCUT2D eigenvalue weighted by Crippen LogP contribution is -2.25. The zero-order valence-corrected chi connectivity index (χ0v) is 11.9. The Bertz CT molecular complexity index is 445. The number of rotatable bonds is 4. The molecule has 0 unspecified atom stereocenters. The highest BCUT2D eigenvalue weighted by Gasteiger charge is 2.32. The maximum absolute atomic E-state index is 10.8. The largest absolute Gasteiger partial charge is 0.491 e. The fraction of sp³-hybridized carbons (Fsp3) is 0.462. The van der Waals surface area contributed by atoms with Gasteiger partial charge in [-0.25, -0.2) is 0 Å². The second kappa shape index (κ2) is 5.38. The molecule has 0 aliphatic carbocycles. The number of hydrogen-bond acceptors (Lipinski definition) is 4. The summed E-state index contributed by atoms with van der Waals surface area (Å²) in [5.74, 6) is 0.107. The van der Waals surface area contributed by atoms with Gasteiger partial charge in [0.1, 0.15) is 18.5 Å². The summed E-state index contributed by atoms with van der Waals surface area (Å²) in [6, 6.07) is 5.28. The minimum atomic E-state index is -0.540. The van der Waals surface area contributed by atoms with Crippen LogP contribution in [0.2, 0.25) is 0 Å². The lowest BCUT2D eigenvalue weighted by atomic mass is 10.2. The van der Waals surface area contributed by atoms with Gasteiger partial charge < -0.3 is 14.2 Å². The van der Waals surface area contributed by atoms with E-state index in [9.17, 15) is 4.79 Å². The van der Waals surface area contributed by atoms with Gasteiger partial charge in [-0.1, -0.05) is 15.9 Å². The number of benzene rings is 1. The Morgan fingerprint density at radius 2 is 2.33 bits per heavy atom. The van der Waals surface area contributed by atoms with E-state index in [2.05, 4.69) is 15.9 Å². The van der Waals surface area contributed by atoms with Crippen LogP contribution in [0.25, 0.3) is 0 Å². The molecule has 0 bridgehead atoms. The van der Waals surface area contributed by atoms with Crippen LogP contribution in [0.4, 0.5) is 0 Å². The molecule has 1 heterocycles. The van der Waals surface area contributed by atoms with Crippen LogP contribution in [0.5, 0.6) is 5.75 Å². The zero-order chi connectivity index (χ0) is 13.2. The van der Waals surface area contributed by atoms with Gasteiger partial charge in [0.15, 0.2) is 12.1 Å². The van der Waals surface area contributed by atoms with Crippen molar-refractivity contribution in [3.05, 3.63) is 28.2 Å². The van der Waals surface area contributed by atoms with E-state index in [-0.39, 0.29) is 6.10 Å². The van der Waals surface area contributed by atoms with Crippen LogP contribution in [0.3, 0.4) is 0 Å². The highest BCUT2D eigenvalue weighted by Crippen LogP contribution is 2.24. The molecule has 0 amide bonds. The van der Waals surface area contributed by atoms with Crippen molar-refractivity contribution in [3.8, 4) is 5.75 Å². The SMILES string of the molecule is CC1(C)OC[C@H](COc2ccc(Br)c(C=O)c2)O1. The molecule has 1 saturated heterocycles. The summed E-state index contributed by atoms with van der Waals surface area (Å²) in [4.78, 5) is 10.8. The summed E-state index contributed by atoms with van der Waals surface area (Å²) in [7, 11) is 0. The van der Waals surface area contributed by atoms with Crippen molar-refractivity contribution in [3.63, 3.8) is 0 Å². The minimum Gasteiger partial charge on any atom is -0.491 e. The maximum atomic E-state index is 10.8. The highest BCUT2D eigenvalue weighted by molar-refractivity contribution is 9.10.